The Morgan fingerprint density at radius 1 is 1.47 bits per heavy atom. The summed E-state index contributed by atoms with van der Waals surface area (Å²) in [5.41, 5.74) is -1.37. The highest BCUT2D eigenvalue weighted by Gasteiger charge is 2.40. The van der Waals surface area contributed by atoms with Gasteiger partial charge in [0.25, 0.3) is 0 Å². The number of hydrogen-bond acceptors (Lipinski definition) is 4. The summed E-state index contributed by atoms with van der Waals surface area (Å²) in [5.74, 6) is -0.269. The van der Waals surface area contributed by atoms with Gasteiger partial charge in [0, 0.05) is 0 Å². The van der Waals surface area contributed by atoms with Gasteiger partial charge in [-0.25, -0.2) is 4.79 Å². The number of ether oxygens (including phenoxy) is 1. The first kappa shape index (κ1) is 12.5. The molecular formula is C11H20O4. The zero-order valence-electron chi connectivity index (χ0n) is 9.40. The Balaban J connectivity index is 2.43. The second-order valence-electron chi connectivity index (χ2n) is 4.76. The topological polar surface area (TPSA) is 66.8 Å². The summed E-state index contributed by atoms with van der Waals surface area (Å²) in [6.45, 7) is 4.23. The minimum absolute atomic E-state index is 0.270. The van der Waals surface area contributed by atoms with Crippen LogP contribution in [0.2, 0.25) is 0 Å². The van der Waals surface area contributed by atoms with Crippen molar-refractivity contribution >= 4 is 5.97 Å². The van der Waals surface area contributed by atoms with E-state index in [4.69, 9.17) is 4.74 Å². The van der Waals surface area contributed by atoms with E-state index in [1.807, 2.05) is 13.8 Å². The summed E-state index contributed by atoms with van der Waals surface area (Å²) >= 11 is 0. The van der Waals surface area contributed by atoms with Crippen LogP contribution in [0.3, 0.4) is 0 Å². The van der Waals surface area contributed by atoms with E-state index in [0.29, 0.717) is 32.3 Å². The number of esters is 1. The van der Waals surface area contributed by atoms with Crippen LogP contribution in [0, 0.1) is 5.92 Å². The van der Waals surface area contributed by atoms with Gasteiger partial charge in [0.15, 0.2) is 5.60 Å². The van der Waals surface area contributed by atoms with E-state index in [2.05, 4.69) is 0 Å². The lowest BCUT2D eigenvalue weighted by Gasteiger charge is -2.32. The molecule has 0 radical (unpaired) electrons. The second-order valence-corrected chi connectivity index (χ2v) is 4.76. The molecule has 4 nitrogen and oxygen atoms in total. The van der Waals surface area contributed by atoms with Crippen molar-refractivity contribution in [1.82, 2.24) is 0 Å². The lowest BCUT2D eigenvalue weighted by atomic mass is 9.83. The first-order chi connectivity index (χ1) is 6.94. The van der Waals surface area contributed by atoms with E-state index in [0.717, 1.165) is 0 Å². The van der Waals surface area contributed by atoms with E-state index in [9.17, 15) is 15.0 Å². The fourth-order valence-electron chi connectivity index (χ4n) is 1.66. The molecule has 0 aromatic rings. The van der Waals surface area contributed by atoms with E-state index in [1.165, 1.54) is 0 Å². The van der Waals surface area contributed by atoms with Gasteiger partial charge in [-0.1, -0.05) is 13.8 Å². The van der Waals surface area contributed by atoms with Crippen molar-refractivity contribution in [1.29, 1.82) is 0 Å². The molecule has 0 spiro atoms. The molecular weight excluding hydrogens is 196 g/mol. The minimum atomic E-state index is -1.37. The average molecular weight is 216 g/mol. The van der Waals surface area contributed by atoms with E-state index in [-0.39, 0.29) is 12.0 Å². The smallest absolute Gasteiger partial charge is 0.338 e. The summed E-state index contributed by atoms with van der Waals surface area (Å²) < 4.78 is 5.01. The van der Waals surface area contributed by atoms with Crippen LogP contribution in [0.4, 0.5) is 0 Å². The van der Waals surface area contributed by atoms with Gasteiger partial charge in [-0.3, -0.25) is 0 Å². The molecule has 0 unspecified atom stereocenters. The van der Waals surface area contributed by atoms with Crippen molar-refractivity contribution in [2.75, 3.05) is 6.61 Å². The average Bonchev–Trinajstić information content (AvgIpc) is 2.19. The highest BCUT2D eigenvalue weighted by molar-refractivity contribution is 5.79. The van der Waals surface area contributed by atoms with Gasteiger partial charge >= 0.3 is 5.97 Å². The zero-order chi connectivity index (χ0) is 11.5. The molecule has 1 aliphatic rings. The largest absolute Gasteiger partial charge is 0.463 e. The molecule has 1 saturated carbocycles. The van der Waals surface area contributed by atoms with Gasteiger partial charge in [-0.2, -0.15) is 0 Å². The molecule has 2 N–H and O–H groups in total. The molecule has 0 bridgehead atoms. The lowest BCUT2D eigenvalue weighted by Crippen LogP contribution is -2.44. The molecule has 1 aliphatic carbocycles. The predicted molar refractivity (Wildman–Crippen MR) is 55.2 cm³/mol. The van der Waals surface area contributed by atoms with Crippen molar-refractivity contribution in [3.63, 3.8) is 0 Å². The van der Waals surface area contributed by atoms with Crippen molar-refractivity contribution in [2.24, 2.45) is 5.92 Å². The first-order valence-electron chi connectivity index (χ1n) is 5.52. The van der Waals surface area contributed by atoms with Gasteiger partial charge in [-0.05, 0) is 31.6 Å². The van der Waals surface area contributed by atoms with Crippen molar-refractivity contribution < 1.29 is 19.7 Å². The van der Waals surface area contributed by atoms with Crippen molar-refractivity contribution in [2.45, 2.75) is 51.2 Å². The molecule has 1 fully saturated rings. The molecule has 4 heteroatoms. The maximum atomic E-state index is 11.6. The standard InChI is InChI=1S/C11H20O4/c1-8(2)7-15-10(13)11(14)5-3-9(12)4-6-11/h8-9,12,14H,3-7H2,1-2H3/t9-,11-. The van der Waals surface area contributed by atoms with Crippen LogP contribution < -0.4 is 0 Å². The number of aliphatic hydroxyl groups excluding tert-OH is 1. The fourth-order valence-corrected chi connectivity index (χ4v) is 1.66. The summed E-state index contributed by atoms with van der Waals surface area (Å²) in [4.78, 5) is 11.6. The van der Waals surface area contributed by atoms with Gasteiger partial charge in [0.2, 0.25) is 0 Å². The fraction of sp³-hybridized carbons (Fsp3) is 0.909. The van der Waals surface area contributed by atoms with Crippen LogP contribution in [-0.2, 0) is 9.53 Å². The summed E-state index contributed by atoms with van der Waals surface area (Å²) in [6, 6.07) is 0. The van der Waals surface area contributed by atoms with Crippen LogP contribution in [-0.4, -0.2) is 34.5 Å². The van der Waals surface area contributed by atoms with E-state index >= 15 is 0 Å². The Kier molecular flexibility index (Phi) is 4.11. The van der Waals surface area contributed by atoms with Gasteiger partial charge in [0.05, 0.1) is 12.7 Å². The molecule has 0 heterocycles. The third-order valence-corrected chi connectivity index (χ3v) is 2.71. The lowest BCUT2D eigenvalue weighted by molar-refractivity contribution is -0.172. The quantitative estimate of drug-likeness (QED) is 0.686. The minimum Gasteiger partial charge on any atom is -0.463 e. The Morgan fingerprint density at radius 2 is 2.00 bits per heavy atom. The number of rotatable bonds is 3. The predicted octanol–water partition coefficient (Wildman–Crippen LogP) is 0.852. The van der Waals surface area contributed by atoms with Crippen LogP contribution in [0.25, 0.3) is 0 Å². The molecule has 0 aliphatic heterocycles. The molecule has 0 aromatic heterocycles. The molecule has 0 amide bonds. The van der Waals surface area contributed by atoms with Crippen LogP contribution in [0.1, 0.15) is 39.5 Å². The van der Waals surface area contributed by atoms with Crippen molar-refractivity contribution in [3.8, 4) is 0 Å². The highest BCUT2D eigenvalue weighted by atomic mass is 16.5. The molecule has 0 aromatic carbocycles. The number of carbonyl (C=O) groups is 1. The zero-order valence-corrected chi connectivity index (χ0v) is 9.40. The highest BCUT2D eigenvalue weighted by Crippen LogP contribution is 2.29. The van der Waals surface area contributed by atoms with Gasteiger partial charge in [0.1, 0.15) is 0 Å². The Morgan fingerprint density at radius 3 is 2.47 bits per heavy atom. The Hall–Kier alpha value is -0.610. The Labute approximate surface area is 90.2 Å². The number of hydrogen-bond donors (Lipinski definition) is 2. The van der Waals surface area contributed by atoms with Crippen LogP contribution >= 0.6 is 0 Å². The monoisotopic (exact) mass is 216 g/mol. The third kappa shape index (κ3) is 3.47. The molecule has 0 atom stereocenters. The first-order valence-corrected chi connectivity index (χ1v) is 5.52. The Bertz CT molecular complexity index is 217. The second kappa shape index (κ2) is 4.94. The number of aliphatic hydroxyl groups is 2. The van der Waals surface area contributed by atoms with Gasteiger partial charge < -0.3 is 14.9 Å². The number of carbonyl (C=O) groups excluding carboxylic acids is 1. The summed E-state index contributed by atoms with van der Waals surface area (Å²) in [6.07, 6.45) is 1.14. The summed E-state index contributed by atoms with van der Waals surface area (Å²) in [5, 5.41) is 19.3. The molecule has 0 saturated heterocycles. The van der Waals surface area contributed by atoms with Crippen LogP contribution in [0.15, 0.2) is 0 Å². The van der Waals surface area contributed by atoms with Gasteiger partial charge in [-0.15, -0.1) is 0 Å². The third-order valence-electron chi connectivity index (χ3n) is 2.71. The van der Waals surface area contributed by atoms with E-state index < -0.39 is 11.6 Å². The van der Waals surface area contributed by atoms with E-state index in [1.54, 1.807) is 0 Å². The SMILES string of the molecule is CC(C)COC(=O)[C@]1(O)CC[C@H](O)CC1. The molecule has 1 rings (SSSR count). The maximum Gasteiger partial charge on any atom is 0.338 e. The van der Waals surface area contributed by atoms with Crippen molar-refractivity contribution in [3.05, 3.63) is 0 Å². The summed E-state index contributed by atoms with van der Waals surface area (Å²) in [7, 11) is 0. The molecule has 15 heavy (non-hydrogen) atoms. The normalized spacial score (nSPS) is 31.7. The van der Waals surface area contributed by atoms with Crippen LogP contribution in [0.5, 0.6) is 0 Å². The maximum absolute atomic E-state index is 11.6. The molecule has 88 valence electrons.